The van der Waals surface area contributed by atoms with Crippen LogP contribution >= 0.6 is 0 Å². The van der Waals surface area contributed by atoms with Gasteiger partial charge in [-0.05, 0) is 37.1 Å². The van der Waals surface area contributed by atoms with Crippen molar-refractivity contribution in [3.63, 3.8) is 0 Å². The van der Waals surface area contributed by atoms with Crippen molar-refractivity contribution in [2.75, 3.05) is 0 Å². The molecule has 0 saturated heterocycles. The maximum atomic E-state index is 12.8. The number of pyridine rings is 1. The Hall–Kier alpha value is -2.82. The number of rotatable bonds is 5. The first-order valence-corrected chi connectivity index (χ1v) is 9.75. The molecule has 3 aromatic rings. The zero-order chi connectivity index (χ0) is 18.5. The Labute approximate surface area is 159 Å². The fraction of sp³-hybridized carbons (Fsp3) is 0.364. The third-order valence-corrected chi connectivity index (χ3v) is 5.11. The molecule has 1 amide bonds. The average Bonchev–Trinajstić information content (AvgIpc) is 2.94. The fourth-order valence-corrected chi connectivity index (χ4v) is 3.68. The monoisotopic (exact) mass is 363 g/mol. The van der Waals surface area contributed by atoms with Crippen molar-refractivity contribution in [2.24, 2.45) is 0 Å². The molecule has 2 aromatic heterocycles. The molecule has 1 aliphatic carbocycles. The van der Waals surface area contributed by atoms with Crippen LogP contribution in [0.15, 0.2) is 54.9 Å². The van der Waals surface area contributed by atoms with Gasteiger partial charge in [-0.2, -0.15) is 0 Å². The summed E-state index contributed by atoms with van der Waals surface area (Å²) < 4.78 is 7.91. The summed E-state index contributed by atoms with van der Waals surface area (Å²) in [6.45, 7) is 0.329. The first-order valence-electron chi connectivity index (χ1n) is 9.75. The van der Waals surface area contributed by atoms with Gasteiger partial charge in [0, 0.05) is 18.4 Å². The number of nitrogens with zero attached hydrogens (tertiary/aromatic N) is 2. The first-order chi connectivity index (χ1) is 13.3. The molecule has 0 bridgehead atoms. The van der Waals surface area contributed by atoms with Crippen molar-refractivity contribution in [3.05, 3.63) is 66.1 Å². The van der Waals surface area contributed by atoms with Gasteiger partial charge >= 0.3 is 0 Å². The van der Waals surface area contributed by atoms with Crippen molar-refractivity contribution in [1.29, 1.82) is 0 Å². The summed E-state index contributed by atoms with van der Waals surface area (Å²) in [5.74, 6) is 0.549. The summed E-state index contributed by atoms with van der Waals surface area (Å²) in [5, 5.41) is 3.20. The summed E-state index contributed by atoms with van der Waals surface area (Å²) in [4.78, 5) is 17.3. The minimum absolute atomic E-state index is 0.0486. The van der Waals surface area contributed by atoms with Crippen molar-refractivity contribution < 1.29 is 9.53 Å². The second-order valence-corrected chi connectivity index (χ2v) is 7.15. The minimum Gasteiger partial charge on any atom is -0.486 e. The van der Waals surface area contributed by atoms with E-state index in [9.17, 15) is 4.79 Å². The molecule has 1 N–H and O–H groups in total. The predicted molar refractivity (Wildman–Crippen MR) is 105 cm³/mol. The normalized spacial score (nSPS) is 15.4. The highest BCUT2D eigenvalue weighted by Gasteiger charge is 2.18. The lowest BCUT2D eigenvalue weighted by molar-refractivity contribution is 0.0928. The summed E-state index contributed by atoms with van der Waals surface area (Å²) in [5.41, 5.74) is 2.31. The molecular formula is C22H25N3O2. The maximum Gasteiger partial charge on any atom is 0.255 e. The van der Waals surface area contributed by atoms with Gasteiger partial charge in [-0.1, -0.05) is 43.9 Å². The van der Waals surface area contributed by atoms with Crippen LogP contribution in [0.25, 0.3) is 5.65 Å². The number of carbonyl (C=O) groups is 1. The Balaban J connectivity index is 1.44. The summed E-state index contributed by atoms with van der Waals surface area (Å²) in [7, 11) is 0. The average molecular weight is 363 g/mol. The number of benzene rings is 1. The quantitative estimate of drug-likeness (QED) is 0.685. The Morgan fingerprint density at radius 3 is 2.67 bits per heavy atom. The lowest BCUT2D eigenvalue weighted by atomic mass is 10.1. The van der Waals surface area contributed by atoms with Crippen molar-refractivity contribution in [1.82, 2.24) is 14.7 Å². The number of aromatic nitrogens is 2. The van der Waals surface area contributed by atoms with E-state index in [1.54, 1.807) is 0 Å². The van der Waals surface area contributed by atoms with Gasteiger partial charge in [0.05, 0.1) is 11.3 Å². The topological polar surface area (TPSA) is 55.6 Å². The smallest absolute Gasteiger partial charge is 0.255 e. The predicted octanol–water partition coefficient (Wildman–Crippen LogP) is 4.37. The molecule has 1 aliphatic rings. The first kappa shape index (κ1) is 17.6. The molecule has 0 atom stereocenters. The van der Waals surface area contributed by atoms with Crippen LogP contribution < -0.4 is 10.1 Å². The molecule has 27 heavy (non-hydrogen) atoms. The Morgan fingerprint density at radius 2 is 1.85 bits per heavy atom. The number of nitrogens with one attached hydrogen (secondary N) is 1. The van der Waals surface area contributed by atoms with E-state index in [1.165, 1.54) is 25.7 Å². The molecule has 0 unspecified atom stereocenters. The van der Waals surface area contributed by atoms with Crippen LogP contribution in [0, 0.1) is 0 Å². The second-order valence-electron chi connectivity index (χ2n) is 7.15. The molecule has 1 saturated carbocycles. The van der Waals surface area contributed by atoms with Crippen LogP contribution in [0.5, 0.6) is 5.75 Å². The number of ether oxygens (including phenoxy) is 1. The number of hydrogen-bond acceptors (Lipinski definition) is 3. The van der Waals surface area contributed by atoms with Crippen LogP contribution in [-0.2, 0) is 6.61 Å². The van der Waals surface area contributed by atoms with E-state index in [0.717, 1.165) is 24.2 Å². The number of fused-ring (bicyclic) bond motifs is 1. The maximum absolute atomic E-state index is 12.8. The van der Waals surface area contributed by atoms with Gasteiger partial charge < -0.3 is 14.5 Å². The van der Waals surface area contributed by atoms with Crippen molar-refractivity contribution >= 4 is 11.6 Å². The molecule has 4 rings (SSSR count). The third-order valence-electron chi connectivity index (χ3n) is 5.11. The van der Waals surface area contributed by atoms with Gasteiger partial charge in [0.25, 0.3) is 5.91 Å². The van der Waals surface area contributed by atoms with E-state index >= 15 is 0 Å². The largest absolute Gasteiger partial charge is 0.486 e. The number of carbonyl (C=O) groups excluding carboxylic acids is 1. The molecule has 5 heteroatoms. The zero-order valence-corrected chi connectivity index (χ0v) is 15.4. The highest BCUT2D eigenvalue weighted by molar-refractivity contribution is 5.97. The van der Waals surface area contributed by atoms with E-state index in [4.69, 9.17) is 4.74 Å². The minimum atomic E-state index is -0.0486. The van der Waals surface area contributed by atoms with Gasteiger partial charge in [0.1, 0.15) is 18.0 Å². The Bertz CT molecular complexity index is 878. The van der Waals surface area contributed by atoms with E-state index < -0.39 is 0 Å². The summed E-state index contributed by atoms with van der Waals surface area (Å²) in [6.07, 6.45) is 11.0. The Kier molecular flexibility index (Phi) is 5.37. The highest BCUT2D eigenvalue weighted by atomic mass is 16.5. The number of amides is 1. The molecule has 1 aromatic carbocycles. The van der Waals surface area contributed by atoms with Gasteiger partial charge in [-0.15, -0.1) is 0 Å². The van der Waals surface area contributed by atoms with Crippen molar-refractivity contribution in [2.45, 2.75) is 51.2 Å². The molecule has 0 radical (unpaired) electrons. The lowest BCUT2D eigenvalue weighted by Crippen LogP contribution is -2.34. The van der Waals surface area contributed by atoms with Crippen LogP contribution in [0.2, 0.25) is 0 Å². The number of para-hydroxylation sites is 1. The third kappa shape index (κ3) is 4.30. The van der Waals surface area contributed by atoms with Gasteiger partial charge in [0.2, 0.25) is 0 Å². The van der Waals surface area contributed by atoms with Gasteiger partial charge in [-0.25, -0.2) is 4.98 Å². The molecule has 0 spiro atoms. The van der Waals surface area contributed by atoms with Crippen molar-refractivity contribution in [3.8, 4) is 5.75 Å². The van der Waals surface area contributed by atoms with Crippen LogP contribution in [0.4, 0.5) is 0 Å². The molecule has 140 valence electrons. The van der Waals surface area contributed by atoms with Gasteiger partial charge in [-0.3, -0.25) is 4.79 Å². The van der Waals surface area contributed by atoms with Crippen LogP contribution in [0.3, 0.4) is 0 Å². The van der Waals surface area contributed by atoms with Crippen LogP contribution in [-0.4, -0.2) is 21.3 Å². The summed E-state index contributed by atoms with van der Waals surface area (Å²) in [6, 6.07) is 13.6. The van der Waals surface area contributed by atoms with E-state index in [-0.39, 0.29) is 11.9 Å². The lowest BCUT2D eigenvalue weighted by Gasteiger charge is -2.17. The van der Waals surface area contributed by atoms with E-state index in [2.05, 4.69) is 10.3 Å². The second kappa shape index (κ2) is 8.25. The highest BCUT2D eigenvalue weighted by Crippen LogP contribution is 2.22. The number of hydrogen-bond donors (Lipinski definition) is 1. The fourth-order valence-electron chi connectivity index (χ4n) is 3.68. The molecule has 5 nitrogen and oxygen atoms in total. The summed E-state index contributed by atoms with van der Waals surface area (Å²) >= 11 is 0. The van der Waals surface area contributed by atoms with Crippen LogP contribution in [0.1, 0.15) is 54.6 Å². The molecule has 1 fully saturated rings. The number of imidazole rings is 1. The Morgan fingerprint density at radius 1 is 1.07 bits per heavy atom. The molecule has 0 aliphatic heterocycles. The van der Waals surface area contributed by atoms with Gasteiger partial charge in [0.15, 0.2) is 0 Å². The van der Waals surface area contributed by atoms with E-state index in [1.807, 2.05) is 59.3 Å². The SMILES string of the molecule is O=C(NC1CCCCCC1)c1ccccc1OCc1cn2ccccc2n1. The molecule has 2 heterocycles. The standard InChI is InChI=1S/C22H25N3O2/c26-22(24-17-9-3-1-2-4-10-17)19-11-5-6-12-20(19)27-16-18-15-25-14-8-7-13-21(25)23-18/h5-8,11-15,17H,1-4,9-10,16H2,(H,24,26). The van der Waals surface area contributed by atoms with E-state index in [0.29, 0.717) is 17.9 Å². The zero-order valence-electron chi connectivity index (χ0n) is 15.4. The molecular weight excluding hydrogens is 338 g/mol.